The zero-order valence-electron chi connectivity index (χ0n) is 4.86. The summed E-state index contributed by atoms with van der Waals surface area (Å²) in [5.41, 5.74) is 0.697. The fourth-order valence-corrected chi connectivity index (χ4v) is 0.319. The van der Waals surface area contributed by atoms with Crippen LogP contribution in [0.25, 0.3) is 0 Å². The van der Waals surface area contributed by atoms with Crippen molar-refractivity contribution in [2.45, 2.75) is 20.3 Å². The van der Waals surface area contributed by atoms with Crippen LogP contribution in [0.3, 0.4) is 0 Å². The Morgan fingerprint density at radius 1 is 1.71 bits per heavy atom. The normalized spacial score (nSPS) is 10.0. The predicted octanol–water partition coefficient (Wildman–Crippen LogP) is 1.99. The predicted molar refractivity (Wildman–Crippen MR) is 32.8 cm³/mol. The van der Waals surface area contributed by atoms with Crippen LogP contribution in [0.15, 0.2) is 12.2 Å². The summed E-state index contributed by atoms with van der Waals surface area (Å²) in [7, 11) is 0. The molecule has 0 bridgehead atoms. The van der Waals surface area contributed by atoms with Gasteiger partial charge in [-0.05, 0) is 19.4 Å². The van der Waals surface area contributed by atoms with Gasteiger partial charge in [0.15, 0.2) is 0 Å². The summed E-state index contributed by atoms with van der Waals surface area (Å²) in [4.78, 5) is 0. The van der Waals surface area contributed by atoms with Gasteiger partial charge < -0.3 is 5.41 Å². The van der Waals surface area contributed by atoms with Crippen LogP contribution in [-0.4, -0.2) is 5.71 Å². The fourth-order valence-electron chi connectivity index (χ4n) is 0.319. The maximum Gasteiger partial charge on any atom is 0.0307 e. The maximum atomic E-state index is 7.05. The van der Waals surface area contributed by atoms with Crippen molar-refractivity contribution in [2.75, 3.05) is 0 Å². The highest BCUT2D eigenvalue weighted by Crippen LogP contribution is 1.81. The lowest BCUT2D eigenvalue weighted by Gasteiger charge is -1.83. The Morgan fingerprint density at radius 3 is 2.43 bits per heavy atom. The van der Waals surface area contributed by atoms with E-state index in [1.54, 1.807) is 6.08 Å². The Balaban J connectivity index is 3.37. The molecule has 0 aromatic rings. The zero-order chi connectivity index (χ0) is 5.70. The third kappa shape index (κ3) is 3.23. The molecule has 1 N–H and O–H groups in total. The summed E-state index contributed by atoms with van der Waals surface area (Å²) in [6.07, 6.45) is 4.52. The summed E-state index contributed by atoms with van der Waals surface area (Å²) < 4.78 is 0. The molecule has 0 atom stereocenters. The Labute approximate surface area is 44.6 Å². The van der Waals surface area contributed by atoms with Crippen LogP contribution in [0.2, 0.25) is 0 Å². The molecular weight excluding hydrogens is 86.1 g/mol. The zero-order valence-corrected chi connectivity index (χ0v) is 4.86. The quantitative estimate of drug-likeness (QED) is 0.509. The second-order valence-corrected chi connectivity index (χ2v) is 1.38. The topological polar surface area (TPSA) is 23.9 Å². The van der Waals surface area contributed by atoms with E-state index in [1.165, 1.54) is 0 Å². The minimum absolute atomic E-state index is 0.697. The monoisotopic (exact) mass is 97.1 g/mol. The van der Waals surface area contributed by atoms with Gasteiger partial charge in [0.05, 0.1) is 0 Å². The van der Waals surface area contributed by atoms with Crippen molar-refractivity contribution in [2.24, 2.45) is 0 Å². The number of nitrogens with one attached hydrogen (secondary N) is 1. The third-order valence-corrected chi connectivity index (χ3v) is 0.749. The van der Waals surface area contributed by atoms with Gasteiger partial charge in [-0.2, -0.15) is 0 Å². The molecule has 0 radical (unpaired) electrons. The highest BCUT2D eigenvalue weighted by Gasteiger charge is 1.78. The lowest BCUT2D eigenvalue weighted by Crippen LogP contribution is -1.83. The third-order valence-electron chi connectivity index (χ3n) is 0.749. The van der Waals surface area contributed by atoms with E-state index >= 15 is 0 Å². The first-order valence-electron chi connectivity index (χ1n) is 2.51. The first-order valence-corrected chi connectivity index (χ1v) is 2.51. The van der Waals surface area contributed by atoms with E-state index < -0.39 is 0 Å². The van der Waals surface area contributed by atoms with E-state index in [-0.39, 0.29) is 0 Å². The molecule has 0 aliphatic rings. The molecule has 0 aliphatic carbocycles. The van der Waals surface area contributed by atoms with Gasteiger partial charge in [0.1, 0.15) is 0 Å². The SMILES string of the molecule is C/C=C/C(=N)CC. The first-order chi connectivity index (χ1) is 3.31. The van der Waals surface area contributed by atoms with Gasteiger partial charge in [-0.1, -0.05) is 13.0 Å². The molecule has 0 aromatic carbocycles. The molecular formula is C6H11N. The van der Waals surface area contributed by atoms with Crippen LogP contribution < -0.4 is 0 Å². The van der Waals surface area contributed by atoms with Crippen LogP contribution in [0.5, 0.6) is 0 Å². The highest BCUT2D eigenvalue weighted by atomic mass is 14.4. The van der Waals surface area contributed by atoms with E-state index in [0.717, 1.165) is 6.42 Å². The molecule has 0 aliphatic heterocycles. The van der Waals surface area contributed by atoms with Crippen LogP contribution >= 0.6 is 0 Å². The summed E-state index contributed by atoms with van der Waals surface area (Å²) in [6, 6.07) is 0. The Hall–Kier alpha value is -0.590. The molecule has 0 saturated carbocycles. The van der Waals surface area contributed by atoms with Gasteiger partial charge in [0.2, 0.25) is 0 Å². The van der Waals surface area contributed by atoms with E-state index in [0.29, 0.717) is 5.71 Å². The van der Waals surface area contributed by atoms with Gasteiger partial charge in [-0.15, -0.1) is 0 Å². The first kappa shape index (κ1) is 6.41. The van der Waals surface area contributed by atoms with Crippen LogP contribution in [0.4, 0.5) is 0 Å². The van der Waals surface area contributed by atoms with E-state index in [9.17, 15) is 0 Å². The van der Waals surface area contributed by atoms with Crippen molar-refractivity contribution in [3.63, 3.8) is 0 Å². The van der Waals surface area contributed by atoms with Crippen LogP contribution in [-0.2, 0) is 0 Å². The van der Waals surface area contributed by atoms with Crippen molar-refractivity contribution >= 4 is 5.71 Å². The second kappa shape index (κ2) is 3.59. The molecule has 7 heavy (non-hydrogen) atoms. The molecule has 0 amide bonds. The Morgan fingerprint density at radius 2 is 2.29 bits per heavy atom. The summed E-state index contributed by atoms with van der Waals surface area (Å²) >= 11 is 0. The summed E-state index contributed by atoms with van der Waals surface area (Å²) in [5.74, 6) is 0. The molecule has 1 heteroatoms. The Bertz CT molecular complexity index is 82.2. The van der Waals surface area contributed by atoms with Gasteiger partial charge >= 0.3 is 0 Å². The average molecular weight is 97.2 g/mol. The smallest absolute Gasteiger partial charge is 0.0307 e. The standard InChI is InChI=1S/C6H11N/c1-3-5-6(7)4-2/h3,5,7H,4H2,1-2H3/b5-3+,7-6?. The lowest BCUT2D eigenvalue weighted by molar-refractivity contribution is 1.26. The summed E-state index contributed by atoms with van der Waals surface area (Å²) in [5, 5.41) is 7.05. The number of rotatable bonds is 2. The van der Waals surface area contributed by atoms with Crippen molar-refractivity contribution in [1.82, 2.24) is 0 Å². The Kier molecular flexibility index (Phi) is 3.29. The average Bonchev–Trinajstić information content (AvgIpc) is 1.68. The molecule has 0 heterocycles. The fraction of sp³-hybridized carbons (Fsp3) is 0.500. The van der Waals surface area contributed by atoms with E-state index in [2.05, 4.69) is 0 Å². The van der Waals surface area contributed by atoms with E-state index in [4.69, 9.17) is 5.41 Å². The molecule has 40 valence electrons. The molecule has 0 saturated heterocycles. The van der Waals surface area contributed by atoms with Crippen LogP contribution in [0, 0.1) is 5.41 Å². The number of hydrogen-bond acceptors (Lipinski definition) is 1. The van der Waals surface area contributed by atoms with Crippen molar-refractivity contribution < 1.29 is 0 Å². The van der Waals surface area contributed by atoms with Crippen LogP contribution in [0.1, 0.15) is 20.3 Å². The van der Waals surface area contributed by atoms with Crippen molar-refractivity contribution in [3.8, 4) is 0 Å². The minimum Gasteiger partial charge on any atom is -0.305 e. The molecule has 0 aromatic heterocycles. The molecule has 0 fully saturated rings. The summed E-state index contributed by atoms with van der Waals surface area (Å²) in [6.45, 7) is 3.90. The molecule has 0 spiro atoms. The maximum absolute atomic E-state index is 7.05. The number of hydrogen-bond donors (Lipinski definition) is 1. The lowest BCUT2D eigenvalue weighted by atomic mass is 10.3. The van der Waals surface area contributed by atoms with Gasteiger partial charge in [0.25, 0.3) is 0 Å². The van der Waals surface area contributed by atoms with Gasteiger partial charge in [-0.3, -0.25) is 0 Å². The highest BCUT2D eigenvalue weighted by molar-refractivity contribution is 5.91. The van der Waals surface area contributed by atoms with Gasteiger partial charge in [0, 0.05) is 5.71 Å². The molecule has 0 unspecified atom stereocenters. The minimum atomic E-state index is 0.697. The van der Waals surface area contributed by atoms with E-state index in [1.807, 2.05) is 19.9 Å². The largest absolute Gasteiger partial charge is 0.305 e. The number of allylic oxidation sites excluding steroid dienone is 2. The van der Waals surface area contributed by atoms with Crippen molar-refractivity contribution in [1.29, 1.82) is 5.41 Å². The molecule has 1 nitrogen and oxygen atoms in total. The molecule has 0 rings (SSSR count). The second-order valence-electron chi connectivity index (χ2n) is 1.38. The van der Waals surface area contributed by atoms with Gasteiger partial charge in [-0.25, -0.2) is 0 Å². The van der Waals surface area contributed by atoms with Crippen molar-refractivity contribution in [3.05, 3.63) is 12.2 Å².